The molecule has 0 bridgehead atoms. The van der Waals surface area contributed by atoms with Crippen molar-refractivity contribution in [3.8, 4) is 0 Å². The third-order valence-electron chi connectivity index (χ3n) is 4.23. The van der Waals surface area contributed by atoms with Crippen LogP contribution in [0.15, 0.2) is 45.1 Å². The molecule has 0 amide bonds. The predicted octanol–water partition coefficient (Wildman–Crippen LogP) is 4.90. The number of ketones is 1. The molecule has 0 unspecified atom stereocenters. The highest BCUT2D eigenvalue weighted by Crippen LogP contribution is 2.28. The molecule has 0 aliphatic carbocycles. The van der Waals surface area contributed by atoms with E-state index in [9.17, 15) is 4.79 Å². The second kappa shape index (κ2) is 8.88. The number of benzene rings is 1. The van der Waals surface area contributed by atoms with Crippen molar-refractivity contribution in [1.82, 2.24) is 14.8 Å². The Morgan fingerprint density at radius 2 is 1.88 bits per heavy atom. The van der Waals surface area contributed by atoms with Crippen LogP contribution in [0, 0.1) is 13.8 Å². The van der Waals surface area contributed by atoms with Crippen LogP contribution >= 0.6 is 34.9 Å². The van der Waals surface area contributed by atoms with Gasteiger partial charge >= 0.3 is 0 Å². The van der Waals surface area contributed by atoms with E-state index in [1.165, 1.54) is 28.7 Å². The van der Waals surface area contributed by atoms with Crippen molar-refractivity contribution in [3.63, 3.8) is 0 Å². The third-order valence-corrected chi connectivity index (χ3v) is 7.26. The highest BCUT2D eigenvalue weighted by molar-refractivity contribution is 8.03. The molecule has 7 heteroatoms. The second-order valence-corrected chi connectivity index (χ2v) is 9.18. The Morgan fingerprint density at radius 3 is 2.58 bits per heavy atom. The molecule has 0 radical (unpaired) electrons. The molecular weight excluding hydrogens is 382 g/mol. The maximum Gasteiger partial charge on any atom is 0.175 e. The quantitative estimate of drug-likeness (QED) is 0.396. The summed E-state index contributed by atoms with van der Waals surface area (Å²) in [5.41, 5.74) is 4.31. The van der Waals surface area contributed by atoms with Gasteiger partial charge in [-0.1, -0.05) is 65.2 Å². The van der Waals surface area contributed by atoms with Crippen molar-refractivity contribution in [1.29, 1.82) is 0 Å². The zero-order valence-electron chi connectivity index (χ0n) is 15.1. The van der Waals surface area contributed by atoms with Gasteiger partial charge in [0.15, 0.2) is 14.5 Å². The number of aryl methyl sites for hydroxylation is 2. The first kappa shape index (κ1) is 19.2. The van der Waals surface area contributed by atoms with E-state index in [1.54, 1.807) is 11.8 Å². The summed E-state index contributed by atoms with van der Waals surface area (Å²) in [6.45, 7) is 4.99. The fraction of sp³-hybridized carbons (Fsp3) is 0.316. The molecule has 4 nitrogen and oxygen atoms in total. The Balaban J connectivity index is 1.65. The second-order valence-electron chi connectivity index (χ2n) is 5.92. The van der Waals surface area contributed by atoms with Crippen molar-refractivity contribution >= 4 is 40.6 Å². The van der Waals surface area contributed by atoms with Crippen LogP contribution in [0.4, 0.5) is 0 Å². The van der Waals surface area contributed by atoms with E-state index in [2.05, 4.69) is 46.0 Å². The summed E-state index contributed by atoms with van der Waals surface area (Å²) >= 11 is 4.58. The first-order chi connectivity index (χ1) is 12.6. The number of hydrogen-bond donors (Lipinski definition) is 0. The highest BCUT2D eigenvalue weighted by atomic mass is 32.2. The van der Waals surface area contributed by atoms with Crippen molar-refractivity contribution < 1.29 is 4.79 Å². The molecule has 0 aliphatic rings. The van der Waals surface area contributed by atoms with Gasteiger partial charge in [0.05, 0.1) is 5.75 Å². The van der Waals surface area contributed by atoms with E-state index in [0.717, 1.165) is 38.6 Å². The third kappa shape index (κ3) is 4.58. The minimum atomic E-state index is 0.148. The summed E-state index contributed by atoms with van der Waals surface area (Å²) < 4.78 is 4.02. The number of Topliss-reactive ketones (excluding diaryl/α,β-unsaturated/α-hetero) is 1. The van der Waals surface area contributed by atoms with Crippen LogP contribution in [0.25, 0.3) is 0 Å². The summed E-state index contributed by atoms with van der Waals surface area (Å²) in [5.74, 6) is 0.543. The Bertz CT molecular complexity index is 887. The molecular formula is C19H21N3OS3. The average Bonchev–Trinajstić information content (AvgIpc) is 3.23. The monoisotopic (exact) mass is 403 g/mol. The van der Waals surface area contributed by atoms with Gasteiger partial charge < -0.3 is 4.57 Å². The van der Waals surface area contributed by atoms with Gasteiger partial charge in [0.2, 0.25) is 0 Å². The normalized spacial score (nSPS) is 11.0. The SMILES string of the molecule is CSc1nnc(SCC(=O)c2cc(C)n(CCc3ccccc3)c2C)s1. The lowest BCUT2D eigenvalue weighted by Crippen LogP contribution is -2.08. The predicted molar refractivity (Wildman–Crippen MR) is 111 cm³/mol. The summed E-state index contributed by atoms with van der Waals surface area (Å²) in [5, 5.41) is 8.18. The van der Waals surface area contributed by atoms with Crippen molar-refractivity contribution in [2.24, 2.45) is 0 Å². The first-order valence-corrected chi connectivity index (χ1v) is 11.4. The molecule has 0 atom stereocenters. The largest absolute Gasteiger partial charge is 0.348 e. The molecule has 3 aromatic rings. The van der Waals surface area contributed by atoms with Crippen LogP contribution in [0.2, 0.25) is 0 Å². The van der Waals surface area contributed by atoms with Crippen molar-refractivity contribution in [3.05, 3.63) is 58.9 Å². The molecule has 2 heterocycles. The molecule has 26 heavy (non-hydrogen) atoms. The van der Waals surface area contributed by atoms with Crippen LogP contribution in [0.1, 0.15) is 27.3 Å². The van der Waals surface area contributed by atoms with E-state index in [1.807, 2.05) is 25.3 Å². The Kier molecular flexibility index (Phi) is 6.56. The van der Waals surface area contributed by atoms with Gasteiger partial charge in [0, 0.05) is 23.5 Å². The number of aromatic nitrogens is 3. The molecule has 1 aromatic carbocycles. The lowest BCUT2D eigenvalue weighted by molar-refractivity contribution is 0.102. The molecule has 2 aromatic heterocycles. The van der Waals surface area contributed by atoms with Gasteiger partial charge in [0.1, 0.15) is 0 Å². The van der Waals surface area contributed by atoms with Gasteiger partial charge in [-0.2, -0.15) is 0 Å². The van der Waals surface area contributed by atoms with E-state index < -0.39 is 0 Å². The molecule has 3 rings (SSSR count). The van der Waals surface area contributed by atoms with Crippen LogP contribution in [-0.4, -0.2) is 32.6 Å². The lowest BCUT2D eigenvalue weighted by atomic mass is 10.1. The molecule has 0 aliphatic heterocycles. The minimum Gasteiger partial charge on any atom is -0.348 e. The van der Waals surface area contributed by atoms with Crippen LogP contribution in [-0.2, 0) is 13.0 Å². The average molecular weight is 404 g/mol. The molecule has 0 N–H and O–H groups in total. The van der Waals surface area contributed by atoms with Crippen LogP contribution in [0.3, 0.4) is 0 Å². The summed E-state index contributed by atoms with van der Waals surface area (Å²) in [4.78, 5) is 12.7. The number of thioether (sulfide) groups is 2. The van der Waals surface area contributed by atoms with Crippen LogP contribution < -0.4 is 0 Å². The topological polar surface area (TPSA) is 47.8 Å². The van der Waals surface area contributed by atoms with Crippen molar-refractivity contribution in [2.75, 3.05) is 12.0 Å². The van der Waals surface area contributed by atoms with Gasteiger partial charge in [-0.3, -0.25) is 4.79 Å². The highest BCUT2D eigenvalue weighted by Gasteiger charge is 2.17. The van der Waals surface area contributed by atoms with E-state index in [0.29, 0.717) is 5.75 Å². The molecule has 0 saturated carbocycles. The first-order valence-electron chi connectivity index (χ1n) is 8.32. The smallest absolute Gasteiger partial charge is 0.175 e. The van der Waals surface area contributed by atoms with E-state index in [4.69, 9.17) is 0 Å². The zero-order chi connectivity index (χ0) is 18.5. The van der Waals surface area contributed by atoms with E-state index >= 15 is 0 Å². The molecule has 0 spiro atoms. The molecule has 136 valence electrons. The molecule has 0 saturated heterocycles. The standard InChI is InChI=1S/C19H21N3OS3/c1-13-11-16(17(23)12-25-19-21-20-18(24-3)26-19)14(2)22(13)10-9-15-7-5-4-6-8-15/h4-8,11H,9-10,12H2,1-3H3. The van der Waals surface area contributed by atoms with E-state index in [-0.39, 0.29) is 5.78 Å². The van der Waals surface area contributed by atoms with Gasteiger partial charge in [0.25, 0.3) is 0 Å². The molecule has 0 fully saturated rings. The van der Waals surface area contributed by atoms with Gasteiger partial charge in [-0.25, -0.2) is 0 Å². The minimum absolute atomic E-state index is 0.148. The Morgan fingerprint density at radius 1 is 1.15 bits per heavy atom. The van der Waals surface area contributed by atoms with Gasteiger partial charge in [-0.15, -0.1) is 10.2 Å². The lowest BCUT2D eigenvalue weighted by Gasteiger charge is -2.10. The summed E-state index contributed by atoms with van der Waals surface area (Å²) in [7, 11) is 0. The van der Waals surface area contributed by atoms with Crippen molar-refractivity contribution in [2.45, 2.75) is 35.5 Å². The number of hydrogen-bond acceptors (Lipinski definition) is 6. The Hall–Kier alpha value is -1.57. The maximum absolute atomic E-state index is 12.7. The summed E-state index contributed by atoms with van der Waals surface area (Å²) in [6, 6.07) is 12.4. The zero-order valence-corrected chi connectivity index (χ0v) is 17.5. The number of nitrogens with zero attached hydrogens (tertiary/aromatic N) is 3. The number of carbonyl (C=O) groups excluding carboxylic acids is 1. The summed E-state index contributed by atoms with van der Waals surface area (Å²) in [6.07, 6.45) is 2.94. The maximum atomic E-state index is 12.7. The fourth-order valence-corrected chi connectivity index (χ4v) is 5.18. The number of carbonyl (C=O) groups is 1. The number of rotatable bonds is 8. The fourth-order valence-electron chi connectivity index (χ4n) is 2.86. The van der Waals surface area contributed by atoms with Gasteiger partial charge in [-0.05, 0) is 38.2 Å². The van der Waals surface area contributed by atoms with Crippen LogP contribution in [0.5, 0.6) is 0 Å². The Labute approximate surface area is 166 Å².